The lowest BCUT2D eigenvalue weighted by Gasteiger charge is -2.09. The van der Waals surface area contributed by atoms with E-state index in [9.17, 15) is 9.18 Å². The summed E-state index contributed by atoms with van der Waals surface area (Å²) in [5.74, 6) is -0.767. The molecule has 0 spiro atoms. The van der Waals surface area contributed by atoms with E-state index in [1.54, 1.807) is 6.07 Å². The lowest BCUT2D eigenvalue weighted by molar-refractivity contribution is -0.118. The molecule has 0 aliphatic rings. The fraction of sp³-hybridized carbons (Fsp3) is 0.0870. The molecule has 0 atom stereocenters. The molecule has 162 valence electrons. The molecule has 0 fully saturated rings. The standard InChI is InChI=1S/C23H17Cl2FN4OS/c24-16-10-8-15(9-11-16)13-30-21-7-2-1-6-20(21)28-23(30)32-14-22(31)29-27-12-17-18(25)4-3-5-19(17)26/h1-12H,13-14H2,(H,29,31)/b27-12-. The maximum Gasteiger partial charge on any atom is 0.250 e. The third-order valence-electron chi connectivity index (χ3n) is 4.59. The zero-order chi connectivity index (χ0) is 22.5. The highest BCUT2D eigenvalue weighted by Crippen LogP contribution is 2.25. The molecule has 0 aliphatic heterocycles. The van der Waals surface area contributed by atoms with E-state index in [1.807, 2.05) is 48.5 Å². The smallest absolute Gasteiger partial charge is 0.250 e. The molecule has 0 aliphatic carbocycles. The van der Waals surface area contributed by atoms with Gasteiger partial charge in [-0.15, -0.1) is 0 Å². The van der Waals surface area contributed by atoms with E-state index in [0.29, 0.717) is 16.7 Å². The fourth-order valence-corrected chi connectivity index (χ4v) is 4.20. The number of nitrogens with one attached hydrogen (secondary N) is 1. The van der Waals surface area contributed by atoms with Crippen molar-refractivity contribution in [3.8, 4) is 0 Å². The van der Waals surface area contributed by atoms with Crippen molar-refractivity contribution >= 4 is 58.1 Å². The van der Waals surface area contributed by atoms with Gasteiger partial charge in [-0.1, -0.05) is 65.3 Å². The van der Waals surface area contributed by atoms with Crippen LogP contribution >= 0.6 is 35.0 Å². The molecule has 9 heteroatoms. The Morgan fingerprint density at radius 1 is 1.09 bits per heavy atom. The normalized spacial score (nSPS) is 11.3. The predicted molar refractivity (Wildman–Crippen MR) is 128 cm³/mol. The molecule has 5 nitrogen and oxygen atoms in total. The zero-order valence-electron chi connectivity index (χ0n) is 16.6. The monoisotopic (exact) mass is 486 g/mol. The van der Waals surface area contributed by atoms with Crippen molar-refractivity contribution in [2.45, 2.75) is 11.7 Å². The second kappa shape index (κ2) is 10.2. The van der Waals surface area contributed by atoms with E-state index >= 15 is 0 Å². The maximum atomic E-state index is 13.8. The van der Waals surface area contributed by atoms with Crippen LogP contribution in [0.25, 0.3) is 11.0 Å². The molecule has 0 radical (unpaired) electrons. The predicted octanol–water partition coefficient (Wildman–Crippen LogP) is 5.77. The molecule has 32 heavy (non-hydrogen) atoms. The van der Waals surface area contributed by atoms with Crippen LogP contribution in [0.5, 0.6) is 0 Å². The van der Waals surface area contributed by atoms with Gasteiger partial charge < -0.3 is 4.57 Å². The number of carbonyl (C=O) groups excluding carboxylic acids is 1. The number of carbonyl (C=O) groups is 1. The van der Waals surface area contributed by atoms with E-state index in [0.717, 1.165) is 16.6 Å². The molecule has 4 rings (SSSR count). The first-order chi connectivity index (χ1) is 15.5. The van der Waals surface area contributed by atoms with Gasteiger partial charge >= 0.3 is 0 Å². The largest absolute Gasteiger partial charge is 0.314 e. The Morgan fingerprint density at radius 2 is 1.88 bits per heavy atom. The molecule has 0 saturated carbocycles. The first-order valence-electron chi connectivity index (χ1n) is 9.59. The number of hydrazone groups is 1. The number of imidazole rings is 1. The molecule has 1 amide bonds. The fourth-order valence-electron chi connectivity index (χ4n) is 3.05. The number of thioether (sulfide) groups is 1. The van der Waals surface area contributed by atoms with Gasteiger partial charge in [0.2, 0.25) is 0 Å². The highest BCUT2D eigenvalue weighted by Gasteiger charge is 2.13. The minimum absolute atomic E-state index is 0.0896. The lowest BCUT2D eigenvalue weighted by atomic mass is 10.2. The number of benzene rings is 3. The third-order valence-corrected chi connectivity index (χ3v) is 6.15. The average Bonchev–Trinajstić information content (AvgIpc) is 3.13. The van der Waals surface area contributed by atoms with E-state index in [2.05, 4.69) is 20.1 Å². The Morgan fingerprint density at radius 3 is 2.66 bits per heavy atom. The number of hydrogen-bond acceptors (Lipinski definition) is 4. The first kappa shape index (κ1) is 22.3. The lowest BCUT2D eigenvalue weighted by Crippen LogP contribution is -2.20. The average molecular weight is 487 g/mol. The SMILES string of the molecule is O=C(CSc1nc2ccccc2n1Cc1ccc(Cl)cc1)N/N=C\c1c(F)cccc1Cl. The zero-order valence-corrected chi connectivity index (χ0v) is 19.0. The van der Waals surface area contributed by atoms with Crippen LogP contribution in [-0.2, 0) is 11.3 Å². The molecule has 0 unspecified atom stereocenters. The third kappa shape index (κ3) is 5.30. The number of fused-ring (bicyclic) bond motifs is 1. The van der Waals surface area contributed by atoms with E-state index in [4.69, 9.17) is 23.2 Å². The summed E-state index contributed by atoms with van der Waals surface area (Å²) in [5.41, 5.74) is 5.39. The van der Waals surface area contributed by atoms with Crippen molar-refractivity contribution < 1.29 is 9.18 Å². The molecule has 0 saturated heterocycles. The number of nitrogens with zero attached hydrogens (tertiary/aromatic N) is 3. The van der Waals surface area contributed by atoms with E-state index < -0.39 is 5.82 Å². The van der Waals surface area contributed by atoms with Crippen molar-refractivity contribution in [3.63, 3.8) is 0 Å². The van der Waals surface area contributed by atoms with Gasteiger partial charge in [0.25, 0.3) is 5.91 Å². The van der Waals surface area contributed by atoms with Gasteiger partial charge in [0.05, 0.1) is 34.6 Å². The van der Waals surface area contributed by atoms with E-state index in [-0.39, 0.29) is 22.2 Å². The number of halogens is 3. The molecule has 3 aromatic carbocycles. The topological polar surface area (TPSA) is 59.3 Å². The van der Waals surface area contributed by atoms with Gasteiger partial charge in [-0.3, -0.25) is 4.79 Å². The second-order valence-electron chi connectivity index (χ2n) is 6.81. The summed E-state index contributed by atoms with van der Waals surface area (Å²) in [5, 5.41) is 5.41. The van der Waals surface area contributed by atoms with Crippen molar-refractivity contribution in [1.29, 1.82) is 0 Å². The number of aromatic nitrogens is 2. The highest BCUT2D eigenvalue weighted by atomic mass is 35.5. The molecule has 1 heterocycles. The highest BCUT2D eigenvalue weighted by molar-refractivity contribution is 7.99. The van der Waals surface area contributed by atoms with Crippen LogP contribution in [0.15, 0.2) is 77.0 Å². The summed E-state index contributed by atoms with van der Waals surface area (Å²) in [6.07, 6.45) is 1.19. The number of rotatable bonds is 7. The molecular formula is C23H17Cl2FN4OS. The molecule has 0 bridgehead atoms. The Labute approximate surface area is 198 Å². The molecule has 1 aromatic heterocycles. The van der Waals surface area contributed by atoms with Crippen molar-refractivity contribution in [2.24, 2.45) is 5.10 Å². The quantitative estimate of drug-likeness (QED) is 0.205. The van der Waals surface area contributed by atoms with Crippen molar-refractivity contribution in [2.75, 3.05) is 5.75 Å². The van der Waals surface area contributed by atoms with Gasteiger partial charge in [-0.2, -0.15) is 5.10 Å². The summed E-state index contributed by atoms with van der Waals surface area (Å²) < 4.78 is 15.8. The van der Waals surface area contributed by atoms with Crippen molar-refractivity contribution in [3.05, 3.63) is 93.7 Å². The van der Waals surface area contributed by atoms with Crippen LogP contribution < -0.4 is 5.43 Å². The van der Waals surface area contributed by atoms with Crippen LogP contribution in [-0.4, -0.2) is 27.4 Å². The number of amides is 1. The Balaban J connectivity index is 1.46. The summed E-state index contributed by atoms with van der Waals surface area (Å²) >= 11 is 13.2. The van der Waals surface area contributed by atoms with Gasteiger partial charge in [0.15, 0.2) is 5.16 Å². The van der Waals surface area contributed by atoms with Gasteiger partial charge in [-0.25, -0.2) is 14.8 Å². The summed E-state index contributed by atoms with van der Waals surface area (Å²) in [4.78, 5) is 16.9. The van der Waals surface area contributed by atoms with Crippen LogP contribution in [0, 0.1) is 5.82 Å². The van der Waals surface area contributed by atoms with Gasteiger partial charge in [0, 0.05) is 10.6 Å². The Hall–Kier alpha value is -2.87. The van der Waals surface area contributed by atoms with Crippen LogP contribution in [0.3, 0.4) is 0 Å². The van der Waals surface area contributed by atoms with Crippen LogP contribution in [0.4, 0.5) is 4.39 Å². The minimum atomic E-state index is -0.513. The summed E-state index contributed by atoms with van der Waals surface area (Å²) in [6.45, 7) is 0.589. The van der Waals surface area contributed by atoms with E-state index in [1.165, 1.54) is 30.1 Å². The second-order valence-corrected chi connectivity index (χ2v) is 8.60. The maximum absolute atomic E-state index is 13.8. The Bertz CT molecular complexity index is 1270. The Kier molecular flexibility index (Phi) is 7.09. The van der Waals surface area contributed by atoms with Gasteiger partial charge in [0.1, 0.15) is 5.82 Å². The van der Waals surface area contributed by atoms with Crippen molar-refractivity contribution in [1.82, 2.24) is 15.0 Å². The van der Waals surface area contributed by atoms with Crippen LogP contribution in [0.2, 0.25) is 10.0 Å². The number of hydrogen-bond donors (Lipinski definition) is 1. The first-order valence-corrected chi connectivity index (χ1v) is 11.3. The van der Waals surface area contributed by atoms with Gasteiger partial charge in [-0.05, 0) is 42.0 Å². The minimum Gasteiger partial charge on any atom is -0.314 e. The molecular weight excluding hydrogens is 470 g/mol. The van der Waals surface area contributed by atoms with Crippen LogP contribution in [0.1, 0.15) is 11.1 Å². The summed E-state index contributed by atoms with van der Waals surface area (Å²) in [6, 6.07) is 19.7. The number of para-hydroxylation sites is 2. The molecule has 1 N–H and O–H groups in total. The molecule has 4 aromatic rings. The summed E-state index contributed by atoms with van der Waals surface area (Å²) in [7, 11) is 0.